The number of carbonyl (C=O) groups is 4. The number of ether oxygens (including phenoxy) is 4. The van der Waals surface area contributed by atoms with Crippen LogP contribution in [0.15, 0.2) is 0 Å². The molecule has 0 rings (SSSR count). The average Bonchev–Trinajstić information content (AvgIpc) is 1.73. The fourth-order valence-corrected chi connectivity index (χ4v) is 12.9. The lowest BCUT2D eigenvalue weighted by molar-refractivity contribution is -0.161. The largest absolute Gasteiger partial charge is 0.472 e. The molecule has 0 aromatic rings. The second-order valence-electron chi connectivity index (χ2n) is 27.6. The van der Waals surface area contributed by atoms with Crippen LogP contribution in [0.3, 0.4) is 0 Å². The maximum absolute atomic E-state index is 13.1. The van der Waals surface area contributed by atoms with Crippen molar-refractivity contribution in [2.75, 3.05) is 39.6 Å². The van der Waals surface area contributed by atoms with Crippen LogP contribution in [0.4, 0.5) is 0 Å². The van der Waals surface area contributed by atoms with Gasteiger partial charge in [0.1, 0.15) is 19.3 Å². The third-order valence-corrected chi connectivity index (χ3v) is 19.1. The molecular formula is C74H144O17P2. The van der Waals surface area contributed by atoms with E-state index in [1.165, 1.54) is 199 Å². The molecule has 0 aliphatic heterocycles. The highest BCUT2D eigenvalue weighted by Crippen LogP contribution is 2.45. The van der Waals surface area contributed by atoms with Crippen molar-refractivity contribution in [1.29, 1.82) is 0 Å². The molecule has 0 saturated carbocycles. The summed E-state index contributed by atoms with van der Waals surface area (Å²) in [7, 11) is -9.90. The summed E-state index contributed by atoms with van der Waals surface area (Å²) in [6.07, 6.45) is 52.9. The molecule has 5 atom stereocenters. The van der Waals surface area contributed by atoms with E-state index in [0.29, 0.717) is 31.6 Å². The summed E-state index contributed by atoms with van der Waals surface area (Å²) in [5.74, 6) is -0.668. The van der Waals surface area contributed by atoms with Crippen molar-refractivity contribution in [3.8, 4) is 0 Å². The first-order valence-corrected chi connectivity index (χ1v) is 41.5. The molecule has 0 heterocycles. The molecule has 17 nitrogen and oxygen atoms in total. The zero-order valence-electron chi connectivity index (χ0n) is 60.6. The molecule has 0 amide bonds. The summed E-state index contributed by atoms with van der Waals surface area (Å²) in [6, 6.07) is 0. The number of hydrogen-bond donors (Lipinski definition) is 3. The summed E-state index contributed by atoms with van der Waals surface area (Å²) in [5, 5.41) is 10.6. The van der Waals surface area contributed by atoms with Crippen molar-refractivity contribution in [1.82, 2.24) is 0 Å². The van der Waals surface area contributed by atoms with Crippen LogP contribution in [0, 0.1) is 11.8 Å². The van der Waals surface area contributed by atoms with Gasteiger partial charge in [-0.3, -0.25) is 37.3 Å². The van der Waals surface area contributed by atoms with Crippen molar-refractivity contribution in [2.45, 2.75) is 400 Å². The molecule has 0 aromatic heterocycles. The Kier molecular flexibility index (Phi) is 64.6. The number of aliphatic hydroxyl groups is 1. The van der Waals surface area contributed by atoms with Gasteiger partial charge in [0.25, 0.3) is 0 Å². The Morgan fingerprint density at radius 3 is 0.731 bits per heavy atom. The number of carbonyl (C=O) groups excluding carboxylic acids is 4. The van der Waals surface area contributed by atoms with Gasteiger partial charge in [-0.05, 0) is 37.5 Å². The molecule has 93 heavy (non-hydrogen) atoms. The topological polar surface area (TPSA) is 237 Å². The standard InChI is InChI=1S/C74H144O17P2/c1-7-9-11-13-15-17-19-20-21-22-23-24-25-26-27-28-34-40-46-52-58-73(78)90-69(62-85-72(77)57-51-45-39-33-30-29-31-36-42-48-54-66(3)4)64-88-92(80,81)86-60-68(75)61-87-93(82,83)89-65-70(91-74(79)59-53-47-41-35-37-43-49-55-67(5)6)63-84-71(76)56-50-44-38-32-18-16-14-12-10-8-2/h66-70,75H,7-65H2,1-6H3,(H,80,81)(H,82,83)/t68-,69-,70-/m1/s1. The van der Waals surface area contributed by atoms with E-state index in [4.69, 9.17) is 37.0 Å². The Hall–Kier alpha value is -1.94. The van der Waals surface area contributed by atoms with E-state index < -0.39 is 97.5 Å². The SMILES string of the molecule is CCCCCCCCCCCCCCCCCCCCCCC(=O)O[C@H](COC(=O)CCCCCCCCCCCCC(C)C)COP(=O)(O)OC[C@@H](O)COP(=O)(O)OC[C@@H](COC(=O)CCCCCCCCCCCC)OC(=O)CCCCCCCCCC(C)C. The number of hydrogen-bond acceptors (Lipinski definition) is 15. The Balaban J connectivity index is 5.20. The normalized spacial score (nSPS) is 14.1. The number of phosphoric ester groups is 2. The molecule has 0 spiro atoms. The molecule has 0 bridgehead atoms. The summed E-state index contributed by atoms with van der Waals surface area (Å²) >= 11 is 0. The van der Waals surface area contributed by atoms with Crippen molar-refractivity contribution in [3.63, 3.8) is 0 Å². The van der Waals surface area contributed by atoms with E-state index in [0.717, 1.165) is 95.8 Å². The van der Waals surface area contributed by atoms with Crippen LogP contribution in [0.5, 0.6) is 0 Å². The van der Waals surface area contributed by atoms with Crippen LogP contribution in [-0.4, -0.2) is 96.7 Å². The highest BCUT2D eigenvalue weighted by atomic mass is 31.2. The summed E-state index contributed by atoms with van der Waals surface area (Å²) in [5.41, 5.74) is 0. The fourth-order valence-electron chi connectivity index (χ4n) is 11.3. The molecule has 0 aliphatic carbocycles. The van der Waals surface area contributed by atoms with Crippen LogP contribution < -0.4 is 0 Å². The number of unbranched alkanes of at least 4 members (excludes halogenated alkanes) is 43. The second-order valence-corrected chi connectivity index (χ2v) is 30.5. The molecule has 0 aliphatic rings. The maximum atomic E-state index is 13.1. The minimum atomic E-state index is -4.95. The number of rotatable bonds is 73. The van der Waals surface area contributed by atoms with E-state index in [2.05, 4.69) is 41.5 Å². The summed E-state index contributed by atoms with van der Waals surface area (Å²) in [4.78, 5) is 72.6. The van der Waals surface area contributed by atoms with Gasteiger partial charge >= 0.3 is 39.5 Å². The van der Waals surface area contributed by atoms with Gasteiger partial charge in [-0.25, -0.2) is 9.13 Å². The van der Waals surface area contributed by atoms with Gasteiger partial charge < -0.3 is 33.8 Å². The first-order chi connectivity index (χ1) is 44.9. The molecule has 0 aromatic carbocycles. The highest BCUT2D eigenvalue weighted by Gasteiger charge is 2.30. The number of phosphoric acid groups is 2. The molecular weight excluding hydrogens is 1220 g/mol. The van der Waals surface area contributed by atoms with Crippen molar-refractivity contribution in [2.24, 2.45) is 11.8 Å². The minimum absolute atomic E-state index is 0.104. The van der Waals surface area contributed by atoms with Crippen molar-refractivity contribution < 1.29 is 80.2 Å². The molecule has 2 unspecified atom stereocenters. The lowest BCUT2D eigenvalue weighted by atomic mass is 10.0. The van der Waals surface area contributed by atoms with Gasteiger partial charge in [-0.2, -0.15) is 0 Å². The predicted octanol–water partition coefficient (Wildman–Crippen LogP) is 21.6. The quantitative estimate of drug-likeness (QED) is 0.0222. The van der Waals surface area contributed by atoms with Gasteiger partial charge in [0.15, 0.2) is 12.2 Å². The molecule has 3 N–H and O–H groups in total. The monoisotopic (exact) mass is 1370 g/mol. The number of aliphatic hydroxyl groups excluding tert-OH is 1. The molecule has 0 fully saturated rings. The zero-order valence-corrected chi connectivity index (χ0v) is 62.3. The first kappa shape index (κ1) is 91.1. The number of esters is 4. The summed E-state index contributed by atoms with van der Waals surface area (Å²) in [6.45, 7) is 9.50. The molecule has 0 radical (unpaired) electrons. The Bertz CT molecular complexity index is 1800. The lowest BCUT2D eigenvalue weighted by Crippen LogP contribution is -2.30. The van der Waals surface area contributed by atoms with Crippen molar-refractivity contribution in [3.05, 3.63) is 0 Å². The Morgan fingerprint density at radius 1 is 0.290 bits per heavy atom. The minimum Gasteiger partial charge on any atom is -0.462 e. The third-order valence-electron chi connectivity index (χ3n) is 17.2. The van der Waals surface area contributed by atoms with E-state index >= 15 is 0 Å². The predicted molar refractivity (Wildman–Crippen MR) is 377 cm³/mol. The van der Waals surface area contributed by atoms with E-state index in [-0.39, 0.29) is 25.7 Å². The zero-order chi connectivity index (χ0) is 68.6. The smallest absolute Gasteiger partial charge is 0.462 e. The highest BCUT2D eigenvalue weighted by molar-refractivity contribution is 7.47. The van der Waals surface area contributed by atoms with Crippen molar-refractivity contribution >= 4 is 39.5 Å². The van der Waals surface area contributed by atoms with E-state index in [1.54, 1.807) is 0 Å². The van der Waals surface area contributed by atoms with Crippen LogP contribution >= 0.6 is 15.6 Å². The Morgan fingerprint density at radius 2 is 0.495 bits per heavy atom. The van der Waals surface area contributed by atoms with Gasteiger partial charge in [-0.15, -0.1) is 0 Å². The molecule has 552 valence electrons. The average molecular weight is 1370 g/mol. The van der Waals surface area contributed by atoms with Crippen LogP contribution in [0.2, 0.25) is 0 Å². The van der Waals surface area contributed by atoms with Gasteiger partial charge in [0.05, 0.1) is 26.4 Å². The molecule has 19 heteroatoms. The van der Waals surface area contributed by atoms with E-state index in [9.17, 15) is 43.2 Å². The van der Waals surface area contributed by atoms with Crippen LogP contribution in [0.25, 0.3) is 0 Å². The van der Waals surface area contributed by atoms with Crippen LogP contribution in [-0.2, 0) is 65.4 Å². The fraction of sp³-hybridized carbons (Fsp3) is 0.946. The second kappa shape index (κ2) is 66.0. The van der Waals surface area contributed by atoms with Gasteiger partial charge in [-0.1, -0.05) is 330 Å². The van der Waals surface area contributed by atoms with Crippen LogP contribution in [0.1, 0.15) is 382 Å². The van der Waals surface area contributed by atoms with Gasteiger partial charge in [0, 0.05) is 25.7 Å². The van der Waals surface area contributed by atoms with Gasteiger partial charge in [0.2, 0.25) is 0 Å². The lowest BCUT2D eigenvalue weighted by Gasteiger charge is -2.21. The summed E-state index contributed by atoms with van der Waals surface area (Å²) < 4.78 is 68.4. The first-order valence-electron chi connectivity index (χ1n) is 38.5. The Labute approximate surface area is 568 Å². The third kappa shape index (κ3) is 68.4. The maximum Gasteiger partial charge on any atom is 0.472 e. The van der Waals surface area contributed by atoms with E-state index in [1.807, 2.05) is 0 Å². The molecule has 0 saturated heterocycles.